The van der Waals surface area contributed by atoms with E-state index in [1.807, 2.05) is 13.0 Å². The molecule has 0 aliphatic heterocycles. The molecule has 0 bridgehead atoms. The minimum atomic E-state index is -0.278. The molecule has 5 nitrogen and oxygen atoms in total. The summed E-state index contributed by atoms with van der Waals surface area (Å²) in [6.45, 7) is 5.10. The van der Waals surface area contributed by atoms with Crippen molar-refractivity contribution in [2.45, 2.75) is 39.7 Å². The van der Waals surface area contributed by atoms with E-state index in [4.69, 9.17) is 0 Å². The summed E-state index contributed by atoms with van der Waals surface area (Å²) in [6.07, 6.45) is 6.43. The maximum Gasteiger partial charge on any atom is 0.259 e. The van der Waals surface area contributed by atoms with Crippen molar-refractivity contribution in [2.75, 3.05) is 6.54 Å². The molecule has 0 unspecified atom stereocenters. The van der Waals surface area contributed by atoms with Crippen molar-refractivity contribution in [2.24, 2.45) is 0 Å². The number of hydrogen-bond donors (Lipinski definition) is 0. The maximum absolute atomic E-state index is 13.2. The van der Waals surface area contributed by atoms with Crippen LogP contribution in [0.3, 0.4) is 0 Å². The van der Waals surface area contributed by atoms with Crippen LogP contribution in [-0.4, -0.2) is 31.9 Å². The second kappa shape index (κ2) is 8.08. The molecule has 6 heteroatoms. The van der Waals surface area contributed by atoms with Crippen LogP contribution in [-0.2, 0) is 6.54 Å². The van der Waals surface area contributed by atoms with Crippen LogP contribution < -0.4 is 0 Å². The van der Waals surface area contributed by atoms with Gasteiger partial charge in [-0.05, 0) is 37.1 Å². The van der Waals surface area contributed by atoms with Crippen LogP contribution in [0.2, 0.25) is 0 Å². The maximum atomic E-state index is 13.2. The smallest absolute Gasteiger partial charge is 0.259 e. The molecule has 3 aromatic rings. The van der Waals surface area contributed by atoms with Gasteiger partial charge in [-0.3, -0.25) is 4.79 Å². The number of nitrogens with zero attached hydrogens (tertiary/aromatic N) is 4. The fourth-order valence-electron chi connectivity index (χ4n) is 2.90. The van der Waals surface area contributed by atoms with Crippen molar-refractivity contribution in [3.63, 3.8) is 0 Å². The third kappa shape index (κ3) is 4.07. The van der Waals surface area contributed by atoms with E-state index in [-0.39, 0.29) is 11.7 Å². The summed E-state index contributed by atoms with van der Waals surface area (Å²) in [5.41, 5.74) is 2.79. The number of fused-ring (bicyclic) bond motifs is 1. The van der Waals surface area contributed by atoms with Crippen LogP contribution in [0.4, 0.5) is 4.39 Å². The van der Waals surface area contributed by atoms with E-state index < -0.39 is 0 Å². The highest BCUT2D eigenvalue weighted by Crippen LogP contribution is 2.16. The average Bonchev–Trinajstić information content (AvgIpc) is 3.05. The number of halogens is 1. The minimum Gasteiger partial charge on any atom is -0.334 e. The van der Waals surface area contributed by atoms with Gasteiger partial charge in [-0.15, -0.1) is 0 Å². The van der Waals surface area contributed by atoms with Gasteiger partial charge >= 0.3 is 0 Å². The third-order valence-electron chi connectivity index (χ3n) is 4.34. The Kier molecular flexibility index (Phi) is 5.61. The zero-order valence-electron chi connectivity index (χ0n) is 15.2. The van der Waals surface area contributed by atoms with Gasteiger partial charge in [0.2, 0.25) is 0 Å². The summed E-state index contributed by atoms with van der Waals surface area (Å²) in [7, 11) is 0. The molecule has 0 aliphatic carbocycles. The van der Waals surface area contributed by atoms with Crippen molar-refractivity contribution in [1.82, 2.24) is 19.5 Å². The van der Waals surface area contributed by atoms with Crippen LogP contribution in [0.5, 0.6) is 0 Å². The Bertz CT molecular complexity index is 888. The molecule has 0 N–H and O–H groups in total. The number of unbranched alkanes of at least 4 members (excludes halogenated alkanes) is 2. The molecular weight excluding hydrogens is 331 g/mol. The topological polar surface area (TPSA) is 50.5 Å². The molecule has 0 fully saturated rings. The first-order chi connectivity index (χ1) is 12.6. The number of carbonyl (C=O) groups is 1. The Balaban J connectivity index is 1.87. The molecule has 0 aliphatic rings. The first-order valence-electron chi connectivity index (χ1n) is 8.93. The average molecular weight is 354 g/mol. The molecule has 1 aromatic carbocycles. The molecule has 0 saturated heterocycles. The molecule has 3 rings (SSSR count). The highest BCUT2D eigenvalue weighted by Gasteiger charge is 2.21. The lowest BCUT2D eigenvalue weighted by atomic mass is 10.1. The van der Waals surface area contributed by atoms with Crippen molar-refractivity contribution in [3.05, 3.63) is 65.4 Å². The van der Waals surface area contributed by atoms with E-state index in [0.29, 0.717) is 24.3 Å². The zero-order valence-corrected chi connectivity index (χ0v) is 15.2. The van der Waals surface area contributed by atoms with E-state index >= 15 is 0 Å². The molecule has 0 atom stereocenters. The van der Waals surface area contributed by atoms with Crippen LogP contribution >= 0.6 is 0 Å². The quantitative estimate of drug-likeness (QED) is 0.603. The first-order valence-corrected chi connectivity index (χ1v) is 8.93. The molecule has 136 valence electrons. The highest BCUT2D eigenvalue weighted by atomic mass is 19.1. The third-order valence-corrected chi connectivity index (χ3v) is 4.34. The van der Waals surface area contributed by atoms with Gasteiger partial charge < -0.3 is 4.90 Å². The summed E-state index contributed by atoms with van der Waals surface area (Å²) in [4.78, 5) is 19.4. The number of rotatable bonds is 7. The largest absolute Gasteiger partial charge is 0.334 e. The highest BCUT2D eigenvalue weighted by molar-refractivity contribution is 5.99. The zero-order chi connectivity index (χ0) is 18.5. The monoisotopic (exact) mass is 354 g/mol. The van der Waals surface area contributed by atoms with Crippen LogP contribution in [0.15, 0.2) is 42.7 Å². The van der Waals surface area contributed by atoms with Crippen LogP contribution in [0.25, 0.3) is 5.65 Å². The molecule has 0 radical (unpaired) electrons. The Morgan fingerprint density at radius 3 is 2.69 bits per heavy atom. The van der Waals surface area contributed by atoms with E-state index in [0.717, 1.165) is 30.5 Å². The Hall–Kier alpha value is -2.76. The van der Waals surface area contributed by atoms with Crippen LogP contribution in [0, 0.1) is 12.7 Å². The summed E-state index contributed by atoms with van der Waals surface area (Å²) < 4.78 is 14.8. The number of aryl methyl sites for hydroxylation is 1. The standard InChI is InChI=1S/C20H23FN4O/c1-3-4-5-11-24(14-16-6-8-17(21)9-7-16)20(26)18-13-22-25-12-10-15(2)23-19(18)25/h6-10,12-13H,3-5,11,14H2,1-2H3. The van der Waals surface area contributed by atoms with Gasteiger partial charge in [-0.2, -0.15) is 5.10 Å². The van der Waals surface area contributed by atoms with Crippen molar-refractivity contribution in [3.8, 4) is 0 Å². The van der Waals surface area contributed by atoms with E-state index in [1.165, 1.54) is 12.1 Å². The summed E-state index contributed by atoms with van der Waals surface area (Å²) in [6, 6.07) is 8.13. The van der Waals surface area contributed by atoms with Crippen molar-refractivity contribution >= 4 is 11.6 Å². The number of benzene rings is 1. The first kappa shape index (κ1) is 18.0. The summed E-state index contributed by atoms with van der Waals surface area (Å²) in [5, 5.41) is 4.24. The van der Waals surface area contributed by atoms with E-state index in [2.05, 4.69) is 17.0 Å². The number of amides is 1. The van der Waals surface area contributed by atoms with Gasteiger partial charge in [-0.1, -0.05) is 31.9 Å². The molecule has 2 aromatic heterocycles. The second-order valence-electron chi connectivity index (χ2n) is 6.46. The normalized spacial score (nSPS) is 11.0. The van der Waals surface area contributed by atoms with Gasteiger partial charge in [0.05, 0.1) is 6.20 Å². The second-order valence-corrected chi connectivity index (χ2v) is 6.46. The summed E-state index contributed by atoms with van der Waals surface area (Å²) in [5.74, 6) is -0.376. The van der Waals surface area contributed by atoms with Crippen molar-refractivity contribution < 1.29 is 9.18 Å². The lowest BCUT2D eigenvalue weighted by Crippen LogP contribution is -2.31. The fourth-order valence-corrected chi connectivity index (χ4v) is 2.90. The van der Waals surface area contributed by atoms with Gasteiger partial charge in [0.1, 0.15) is 11.4 Å². The number of hydrogen-bond acceptors (Lipinski definition) is 3. The Morgan fingerprint density at radius 1 is 1.19 bits per heavy atom. The van der Waals surface area contributed by atoms with Gasteiger partial charge in [-0.25, -0.2) is 13.9 Å². The molecular formula is C20H23FN4O. The van der Waals surface area contributed by atoms with Crippen LogP contribution in [0.1, 0.15) is 47.8 Å². The molecule has 26 heavy (non-hydrogen) atoms. The Labute approximate surface area is 152 Å². The fraction of sp³-hybridized carbons (Fsp3) is 0.350. The minimum absolute atomic E-state index is 0.0986. The molecule has 0 saturated carbocycles. The molecule has 0 spiro atoms. The van der Waals surface area contributed by atoms with Gasteiger partial charge in [0, 0.05) is 25.0 Å². The summed E-state index contributed by atoms with van der Waals surface area (Å²) >= 11 is 0. The lowest BCUT2D eigenvalue weighted by molar-refractivity contribution is 0.0742. The number of aromatic nitrogens is 3. The van der Waals surface area contributed by atoms with E-state index in [1.54, 1.807) is 33.9 Å². The van der Waals surface area contributed by atoms with E-state index in [9.17, 15) is 9.18 Å². The van der Waals surface area contributed by atoms with Gasteiger partial charge in [0.15, 0.2) is 5.65 Å². The Morgan fingerprint density at radius 2 is 1.96 bits per heavy atom. The predicted octanol–water partition coefficient (Wildman–Crippen LogP) is 4.01. The predicted molar refractivity (Wildman–Crippen MR) is 98.4 cm³/mol. The molecule has 1 amide bonds. The number of carbonyl (C=O) groups excluding carboxylic acids is 1. The van der Waals surface area contributed by atoms with Gasteiger partial charge in [0.25, 0.3) is 5.91 Å². The molecule has 2 heterocycles. The van der Waals surface area contributed by atoms with Crippen molar-refractivity contribution in [1.29, 1.82) is 0 Å². The lowest BCUT2D eigenvalue weighted by Gasteiger charge is -2.22. The SMILES string of the molecule is CCCCCN(Cc1ccc(F)cc1)C(=O)c1cnn2ccc(C)nc12.